The van der Waals surface area contributed by atoms with Gasteiger partial charge in [-0.25, -0.2) is 13.9 Å². The molecule has 0 bridgehead atoms. The van der Waals surface area contributed by atoms with Crippen molar-refractivity contribution in [2.45, 2.75) is 46.0 Å². The maximum atomic E-state index is 14.0. The van der Waals surface area contributed by atoms with Gasteiger partial charge in [0.15, 0.2) is 0 Å². The van der Waals surface area contributed by atoms with E-state index in [1.165, 1.54) is 17.0 Å². The molecule has 2 aromatic carbocycles. The Morgan fingerprint density at radius 1 is 1.09 bits per heavy atom. The van der Waals surface area contributed by atoms with E-state index in [0.717, 1.165) is 12.1 Å². The van der Waals surface area contributed by atoms with Gasteiger partial charge < -0.3 is 15.5 Å². The number of carbonyl (C=O) groups is 2. The predicted molar refractivity (Wildman–Crippen MR) is 138 cm³/mol. The molecule has 0 saturated carbocycles. The van der Waals surface area contributed by atoms with E-state index in [-0.39, 0.29) is 17.6 Å². The van der Waals surface area contributed by atoms with Crippen LogP contribution in [0.5, 0.6) is 0 Å². The molecule has 3 rings (SSSR count). The van der Waals surface area contributed by atoms with Crippen molar-refractivity contribution in [3.63, 3.8) is 0 Å². The van der Waals surface area contributed by atoms with Crippen molar-refractivity contribution in [2.24, 2.45) is 0 Å². The van der Waals surface area contributed by atoms with Gasteiger partial charge in [-0.2, -0.15) is 5.10 Å². The molecule has 186 valence electrons. The number of nitrogens with one attached hydrogen (secondary N) is 2. The van der Waals surface area contributed by atoms with Crippen LogP contribution in [0.1, 0.15) is 46.2 Å². The highest BCUT2D eigenvalue weighted by Gasteiger charge is 2.24. The molecule has 35 heavy (non-hydrogen) atoms. The fourth-order valence-electron chi connectivity index (χ4n) is 3.36. The lowest BCUT2D eigenvalue weighted by atomic mass is 9.92. The number of rotatable bonds is 8. The molecule has 0 radical (unpaired) electrons. The molecule has 0 fully saturated rings. The minimum atomic E-state index is -0.548. The average Bonchev–Trinajstić information content (AvgIpc) is 3.22. The van der Waals surface area contributed by atoms with Gasteiger partial charge in [0.2, 0.25) is 5.91 Å². The zero-order valence-corrected chi connectivity index (χ0v) is 21.2. The predicted octanol–water partition coefficient (Wildman–Crippen LogP) is 6.24. The van der Waals surface area contributed by atoms with Crippen molar-refractivity contribution in [1.29, 1.82) is 0 Å². The van der Waals surface area contributed by atoms with E-state index >= 15 is 0 Å². The van der Waals surface area contributed by atoms with E-state index in [1.54, 1.807) is 28.9 Å². The molecule has 3 amide bonds. The molecule has 2 N–H and O–H groups in total. The number of anilines is 2. The number of para-hydroxylation sites is 2. The van der Waals surface area contributed by atoms with E-state index in [2.05, 4.69) is 15.7 Å². The molecule has 0 aliphatic heterocycles. The molecular weight excluding hydrogens is 469 g/mol. The molecule has 7 nitrogen and oxygen atoms in total. The third-order valence-corrected chi connectivity index (χ3v) is 5.66. The lowest BCUT2D eigenvalue weighted by Gasteiger charge is -2.22. The number of aromatic nitrogens is 2. The maximum Gasteiger partial charge on any atom is 0.322 e. The average molecular weight is 500 g/mol. The lowest BCUT2D eigenvalue weighted by Crippen LogP contribution is -2.41. The van der Waals surface area contributed by atoms with Crippen LogP contribution in [-0.4, -0.2) is 39.7 Å². The number of hydrogen-bond donors (Lipinski definition) is 2. The van der Waals surface area contributed by atoms with Gasteiger partial charge in [-0.3, -0.25) is 4.79 Å². The Balaban J connectivity index is 1.82. The van der Waals surface area contributed by atoms with E-state index in [0.29, 0.717) is 29.5 Å². The lowest BCUT2D eigenvalue weighted by molar-refractivity contribution is -0.116. The summed E-state index contributed by atoms with van der Waals surface area (Å²) in [5, 5.41) is 10.6. The van der Waals surface area contributed by atoms with E-state index in [4.69, 9.17) is 11.6 Å². The van der Waals surface area contributed by atoms with Crippen LogP contribution in [0.3, 0.4) is 0 Å². The summed E-state index contributed by atoms with van der Waals surface area (Å²) in [6.45, 7) is 8.20. The summed E-state index contributed by atoms with van der Waals surface area (Å²) in [6, 6.07) is 14.4. The minimum absolute atomic E-state index is 0.0611. The van der Waals surface area contributed by atoms with Crippen molar-refractivity contribution in [2.75, 3.05) is 23.7 Å². The zero-order valence-electron chi connectivity index (χ0n) is 20.4. The number of halogens is 2. The molecule has 0 spiro atoms. The number of unbranched alkanes of at least 4 members (excludes halogenated alkanes) is 1. The van der Waals surface area contributed by atoms with Gasteiger partial charge in [0.1, 0.15) is 18.2 Å². The summed E-state index contributed by atoms with van der Waals surface area (Å²) in [5.41, 5.74) is 1.19. The molecular formula is C26H31ClFN5O2. The van der Waals surface area contributed by atoms with Gasteiger partial charge in [-0.1, -0.05) is 70.0 Å². The van der Waals surface area contributed by atoms with Crippen LogP contribution in [0, 0.1) is 5.82 Å². The first-order valence-corrected chi connectivity index (χ1v) is 11.9. The van der Waals surface area contributed by atoms with Crippen LogP contribution in [0.15, 0.2) is 54.6 Å². The summed E-state index contributed by atoms with van der Waals surface area (Å²) < 4.78 is 15.6. The van der Waals surface area contributed by atoms with Crippen LogP contribution < -0.4 is 10.6 Å². The standard InChI is InChI=1S/C26H31ClFN5O2/c1-5-6-15-32(25(35)29-20-13-9-8-12-19(20)28)17-24(34)30-23-16-22(26(2,3)4)31-33(23)21-14-10-7-11-18(21)27/h7-14,16H,5-6,15,17H2,1-4H3,(H,29,35)(H,30,34). The largest absolute Gasteiger partial charge is 0.322 e. The van der Waals surface area contributed by atoms with Gasteiger partial charge in [-0.15, -0.1) is 0 Å². The van der Waals surface area contributed by atoms with Gasteiger partial charge >= 0.3 is 6.03 Å². The third-order valence-electron chi connectivity index (χ3n) is 5.34. The number of carbonyl (C=O) groups excluding carboxylic acids is 2. The van der Waals surface area contributed by atoms with Gasteiger partial charge in [0, 0.05) is 18.0 Å². The number of hydrogen-bond acceptors (Lipinski definition) is 3. The zero-order chi connectivity index (χ0) is 25.6. The quantitative estimate of drug-likeness (QED) is 0.385. The SMILES string of the molecule is CCCCN(CC(=O)Nc1cc(C(C)(C)C)nn1-c1ccccc1Cl)C(=O)Nc1ccccc1F. The molecule has 1 heterocycles. The first-order chi connectivity index (χ1) is 16.6. The van der Waals surface area contributed by atoms with E-state index in [1.807, 2.05) is 45.9 Å². The Labute approximate surface area is 210 Å². The molecule has 0 saturated heterocycles. The number of urea groups is 1. The molecule has 0 aliphatic rings. The van der Waals surface area contributed by atoms with Gasteiger partial charge in [0.25, 0.3) is 0 Å². The second kappa shape index (κ2) is 11.4. The molecule has 0 unspecified atom stereocenters. The van der Waals surface area contributed by atoms with Crippen molar-refractivity contribution in [3.8, 4) is 5.69 Å². The van der Waals surface area contributed by atoms with Crippen LogP contribution in [0.4, 0.5) is 20.7 Å². The number of nitrogens with zero attached hydrogens (tertiary/aromatic N) is 3. The molecule has 9 heteroatoms. The Kier molecular flexibility index (Phi) is 8.51. The smallest absolute Gasteiger partial charge is 0.315 e. The second-order valence-corrected chi connectivity index (χ2v) is 9.67. The van der Waals surface area contributed by atoms with Gasteiger partial charge in [-0.05, 0) is 30.7 Å². The fraction of sp³-hybridized carbons (Fsp3) is 0.346. The van der Waals surface area contributed by atoms with Gasteiger partial charge in [0.05, 0.1) is 22.1 Å². The maximum absolute atomic E-state index is 14.0. The first-order valence-electron chi connectivity index (χ1n) is 11.6. The van der Waals surface area contributed by atoms with Crippen molar-refractivity contribution in [3.05, 3.63) is 71.1 Å². The normalized spacial score (nSPS) is 11.3. The Bertz CT molecular complexity index is 1190. The Morgan fingerprint density at radius 2 is 1.77 bits per heavy atom. The number of amides is 3. The highest BCUT2D eigenvalue weighted by Crippen LogP contribution is 2.29. The van der Waals surface area contributed by atoms with Crippen LogP contribution in [-0.2, 0) is 10.2 Å². The molecule has 0 atom stereocenters. The van der Waals surface area contributed by atoms with Crippen molar-refractivity contribution < 1.29 is 14.0 Å². The van der Waals surface area contributed by atoms with Crippen LogP contribution in [0.25, 0.3) is 5.69 Å². The molecule has 1 aromatic heterocycles. The fourth-order valence-corrected chi connectivity index (χ4v) is 3.57. The highest BCUT2D eigenvalue weighted by molar-refractivity contribution is 6.32. The first kappa shape index (κ1) is 26.2. The molecule has 3 aromatic rings. The van der Waals surface area contributed by atoms with E-state index in [9.17, 15) is 14.0 Å². The topological polar surface area (TPSA) is 79.3 Å². The summed E-state index contributed by atoms with van der Waals surface area (Å²) in [5.74, 6) is -0.504. The van der Waals surface area contributed by atoms with Crippen LogP contribution in [0.2, 0.25) is 5.02 Å². The summed E-state index contributed by atoms with van der Waals surface area (Å²) in [4.78, 5) is 27.3. The van der Waals surface area contributed by atoms with Crippen molar-refractivity contribution >= 4 is 35.0 Å². The third kappa shape index (κ3) is 6.82. The Morgan fingerprint density at radius 3 is 2.43 bits per heavy atom. The molecule has 0 aliphatic carbocycles. The monoisotopic (exact) mass is 499 g/mol. The number of benzene rings is 2. The van der Waals surface area contributed by atoms with Crippen molar-refractivity contribution in [1.82, 2.24) is 14.7 Å². The highest BCUT2D eigenvalue weighted by atomic mass is 35.5. The second-order valence-electron chi connectivity index (χ2n) is 9.26. The minimum Gasteiger partial charge on any atom is -0.315 e. The van der Waals surface area contributed by atoms with Crippen LogP contribution >= 0.6 is 11.6 Å². The summed E-state index contributed by atoms with van der Waals surface area (Å²) >= 11 is 6.40. The summed E-state index contributed by atoms with van der Waals surface area (Å²) in [6.07, 6.45) is 1.53. The van der Waals surface area contributed by atoms with E-state index < -0.39 is 17.8 Å². The Hall–Kier alpha value is -3.39. The summed E-state index contributed by atoms with van der Waals surface area (Å²) in [7, 11) is 0.